The SMILES string of the molecule is CCC(CNC)(Cc1ccc(Cl)cc1F)c1ccccc1. The van der Waals surface area contributed by atoms with E-state index in [1.165, 1.54) is 11.6 Å². The van der Waals surface area contributed by atoms with Crippen LogP contribution in [0.5, 0.6) is 0 Å². The summed E-state index contributed by atoms with van der Waals surface area (Å²) in [5.41, 5.74) is 1.82. The second kappa shape index (κ2) is 7.06. The molecule has 2 aromatic carbocycles. The van der Waals surface area contributed by atoms with E-state index in [-0.39, 0.29) is 11.2 Å². The maximum atomic E-state index is 14.2. The predicted molar refractivity (Wildman–Crippen MR) is 87.5 cm³/mol. The molecule has 2 aromatic rings. The van der Waals surface area contributed by atoms with Crippen LogP contribution in [0.2, 0.25) is 5.02 Å². The molecule has 21 heavy (non-hydrogen) atoms. The largest absolute Gasteiger partial charge is 0.319 e. The lowest BCUT2D eigenvalue weighted by molar-refractivity contribution is 0.384. The average Bonchev–Trinajstić information content (AvgIpc) is 2.50. The average molecular weight is 306 g/mol. The molecule has 112 valence electrons. The van der Waals surface area contributed by atoms with Crippen LogP contribution >= 0.6 is 11.6 Å². The zero-order chi connectivity index (χ0) is 15.3. The fourth-order valence-corrected chi connectivity index (χ4v) is 3.04. The first kappa shape index (κ1) is 16.0. The molecule has 0 aliphatic carbocycles. The molecule has 0 heterocycles. The van der Waals surface area contributed by atoms with Crippen LogP contribution in [0.1, 0.15) is 24.5 Å². The van der Waals surface area contributed by atoms with Crippen molar-refractivity contribution in [3.8, 4) is 0 Å². The van der Waals surface area contributed by atoms with Crippen molar-refractivity contribution in [3.63, 3.8) is 0 Å². The molecule has 0 aromatic heterocycles. The fourth-order valence-electron chi connectivity index (χ4n) is 2.88. The number of hydrogen-bond donors (Lipinski definition) is 1. The van der Waals surface area contributed by atoms with E-state index >= 15 is 0 Å². The van der Waals surface area contributed by atoms with Gasteiger partial charge in [0.2, 0.25) is 0 Å². The molecule has 2 rings (SSSR count). The van der Waals surface area contributed by atoms with Gasteiger partial charge < -0.3 is 5.32 Å². The lowest BCUT2D eigenvalue weighted by Gasteiger charge is -2.34. The maximum absolute atomic E-state index is 14.2. The Balaban J connectivity index is 2.41. The first-order valence-corrected chi connectivity index (χ1v) is 7.63. The molecular weight excluding hydrogens is 285 g/mol. The lowest BCUT2D eigenvalue weighted by Crippen LogP contribution is -2.38. The minimum Gasteiger partial charge on any atom is -0.319 e. The number of nitrogens with one attached hydrogen (secondary N) is 1. The van der Waals surface area contributed by atoms with E-state index in [1.807, 2.05) is 25.2 Å². The quantitative estimate of drug-likeness (QED) is 0.823. The van der Waals surface area contributed by atoms with Crippen LogP contribution in [0.4, 0.5) is 4.39 Å². The van der Waals surface area contributed by atoms with E-state index in [4.69, 9.17) is 11.6 Å². The van der Waals surface area contributed by atoms with Gasteiger partial charge in [0.05, 0.1) is 0 Å². The van der Waals surface area contributed by atoms with E-state index in [1.54, 1.807) is 12.1 Å². The number of benzene rings is 2. The van der Waals surface area contributed by atoms with Crippen LogP contribution in [0, 0.1) is 5.82 Å². The van der Waals surface area contributed by atoms with Gasteiger partial charge in [-0.15, -0.1) is 0 Å². The van der Waals surface area contributed by atoms with Crippen molar-refractivity contribution < 1.29 is 4.39 Å². The van der Waals surface area contributed by atoms with Crippen LogP contribution in [0.15, 0.2) is 48.5 Å². The Morgan fingerprint density at radius 2 is 1.86 bits per heavy atom. The Kier molecular flexibility index (Phi) is 5.38. The molecule has 0 fully saturated rings. The van der Waals surface area contributed by atoms with Gasteiger partial charge in [-0.05, 0) is 43.1 Å². The first-order valence-electron chi connectivity index (χ1n) is 7.25. The Morgan fingerprint density at radius 1 is 1.14 bits per heavy atom. The van der Waals surface area contributed by atoms with Crippen molar-refractivity contribution in [2.75, 3.05) is 13.6 Å². The fraction of sp³-hybridized carbons (Fsp3) is 0.333. The molecule has 0 aliphatic heterocycles. The van der Waals surface area contributed by atoms with Crippen LogP contribution < -0.4 is 5.32 Å². The zero-order valence-electron chi connectivity index (χ0n) is 12.5. The number of rotatable bonds is 6. The minimum absolute atomic E-state index is 0.120. The van der Waals surface area contributed by atoms with Crippen LogP contribution in [0.25, 0.3) is 0 Å². The van der Waals surface area contributed by atoms with Crippen LogP contribution in [0.3, 0.4) is 0 Å². The minimum atomic E-state index is -0.229. The summed E-state index contributed by atoms with van der Waals surface area (Å²) in [5, 5.41) is 3.70. The summed E-state index contributed by atoms with van der Waals surface area (Å²) >= 11 is 5.85. The lowest BCUT2D eigenvalue weighted by atomic mass is 9.73. The molecule has 0 bridgehead atoms. The second-order valence-corrected chi connectivity index (χ2v) is 5.88. The molecule has 1 unspecified atom stereocenters. The predicted octanol–water partition coefficient (Wildman–Crippen LogP) is 4.59. The van der Waals surface area contributed by atoms with Gasteiger partial charge in [-0.3, -0.25) is 0 Å². The normalized spacial score (nSPS) is 13.9. The summed E-state index contributed by atoms with van der Waals surface area (Å²) < 4.78 is 14.2. The Hall–Kier alpha value is -1.38. The molecule has 1 N–H and O–H groups in total. The third-order valence-electron chi connectivity index (χ3n) is 4.12. The molecule has 0 saturated carbocycles. The van der Waals surface area contributed by atoms with Crippen molar-refractivity contribution >= 4 is 11.6 Å². The van der Waals surface area contributed by atoms with E-state index in [0.29, 0.717) is 17.0 Å². The zero-order valence-corrected chi connectivity index (χ0v) is 13.3. The van der Waals surface area contributed by atoms with E-state index < -0.39 is 0 Å². The molecule has 0 amide bonds. The Labute approximate surface area is 131 Å². The van der Waals surface area contributed by atoms with E-state index in [2.05, 4.69) is 24.4 Å². The Bertz CT molecular complexity index is 585. The van der Waals surface area contributed by atoms with Crippen molar-refractivity contribution in [3.05, 3.63) is 70.5 Å². The highest BCUT2D eigenvalue weighted by Gasteiger charge is 2.30. The third-order valence-corrected chi connectivity index (χ3v) is 4.36. The first-order chi connectivity index (χ1) is 10.1. The monoisotopic (exact) mass is 305 g/mol. The highest BCUT2D eigenvalue weighted by atomic mass is 35.5. The van der Waals surface area contributed by atoms with Crippen LogP contribution in [-0.2, 0) is 11.8 Å². The molecule has 0 spiro atoms. The highest BCUT2D eigenvalue weighted by Crippen LogP contribution is 2.32. The Morgan fingerprint density at radius 3 is 2.43 bits per heavy atom. The number of halogens is 2. The molecule has 0 aliphatic rings. The summed E-state index contributed by atoms with van der Waals surface area (Å²) in [7, 11) is 1.94. The van der Waals surface area contributed by atoms with Crippen molar-refractivity contribution in [1.29, 1.82) is 0 Å². The van der Waals surface area contributed by atoms with Gasteiger partial charge in [0.1, 0.15) is 5.82 Å². The van der Waals surface area contributed by atoms with Crippen molar-refractivity contribution in [1.82, 2.24) is 5.32 Å². The highest BCUT2D eigenvalue weighted by molar-refractivity contribution is 6.30. The number of hydrogen-bond acceptors (Lipinski definition) is 1. The maximum Gasteiger partial charge on any atom is 0.127 e. The second-order valence-electron chi connectivity index (χ2n) is 5.44. The smallest absolute Gasteiger partial charge is 0.127 e. The van der Waals surface area contributed by atoms with Gasteiger partial charge in [-0.25, -0.2) is 4.39 Å². The van der Waals surface area contributed by atoms with Gasteiger partial charge in [0.15, 0.2) is 0 Å². The molecule has 3 heteroatoms. The van der Waals surface area contributed by atoms with Gasteiger partial charge >= 0.3 is 0 Å². The molecule has 1 atom stereocenters. The topological polar surface area (TPSA) is 12.0 Å². The molecular formula is C18H21ClFN. The van der Waals surface area contributed by atoms with Gasteiger partial charge in [-0.2, -0.15) is 0 Å². The van der Waals surface area contributed by atoms with Crippen LogP contribution in [-0.4, -0.2) is 13.6 Å². The summed E-state index contributed by atoms with van der Waals surface area (Å²) in [5.74, 6) is -0.229. The van der Waals surface area contributed by atoms with Gasteiger partial charge in [0.25, 0.3) is 0 Å². The summed E-state index contributed by atoms with van der Waals surface area (Å²) in [6.07, 6.45) is 1.58. The van der Waals surface area contributed by atoms with Gasteiger partial charge in [0, 0.05) is 17.0 Å². The van der Waals surface area contributed by atoms with Crippen molar-refractivity contribution in [2.45, 2.75) is 25.2 Å². The summed E-state index contributed by atoms with van der Waals surface area (Å²) in [4.78, 5) is 0. The standard InChI is InChI=1S/C18H21ClFN/c1-3-18(13-21-2,15-7-5-4-6-8-15)12-14-9-10-16(19)11-17(14)20/h4-11,21H,3,12-13H2,1-2H3. The number of likely N-dealkylation sites (N-methyl/N-ethyl adjacent to an activating group) is 1. The molecule has 1 nitrogen and oxygen atoms in total. The molecule has 0 saturated heterocycles. The molecule has 0 radical (unpaired) electrons. The summed E-state index contributed by atoms with van der Waals surface area (Å²) in [6.45, 7) is 2.95. The van der Waals surface area contributed by atoms with Crippen molar-refractivity contribution in [2.24, 2.45) is 0 Å². The van der Waals surface area contributed by atoms with E-state index in [9.17, 15) is 4.39 Å². The third kappa shape index (κ3) is 3.63. The van der Waals surface area contributed by atoms with Gasteiger partial charge in [-0.1, -0.05) is 54.9 Å². The van der Waals surface area contributed by atoms with E-state index in [0.717, 1.165) is 13.0 Å². The summed E-state index contributed by atoms with van der Waals surface area (Å²) in [6, 6.07) is 15.3.